The van der Waals surface area contributed by atoms with Crippen LogP contribution in [0, 0.1) is 5.92 Å². The lowest BCUT2D eigenvalue weighted by Crippen LogP contribution is -2.23. The van der Waals surface area contributed by atoms with Crippen LogP contribution in [0.25, 0.3) is 0 Å². The van der Waals surface area contributed by atoms with Gasteiger partial charge in [-0.3, -0.25) is 0 Å². The van der Waals surface area contributed by atoms with Crippen molar-refractivity contribution in [2.75, 3.05) is 20.8 Å². The van der Waals surface area contributed by atoms with Gasteiger partial charge in [0, 0.05) is 19.8 Å². The second-order valence-corrected chi connectivity index (χ2v) is 5.89. The molecular weight excluding hydrogens is 234 g/mol. The van der Waals surface area contributed by atoms with E-state index < -0.39 is 0 Å². The molecular formula is C17H27NO. The predicted molar refractivity (Wildman–Crippen MR) is 80.5 cm³/mol. The van der Waals surface area contributed by atoms with Crippen molar-refractivity contribution in [1.29, 1.82) is 0 Å². The molecule has 1 fully saturated rings. The lowest BCUT2D eigenvalue weighted by molar-refractivity contribution is 0.150. The number of rotatable bonds is 7. The molecule has 1 saturated carbocycles. The molecule has 0 heterocycles. The summed E-state index contributed by atoms with van der Waals surface area (Å²) >= 11 is 0. The molecule has 0 bridgehead atoms. The highest BCUT2D eigenvalue weighted by Gasteiger charge is 2.25. The van der Waals surface area contributed by atoms with Gasteiger partial charge in [0.25, 0.3) is 0 Å². The van der Waals surface area contributed by atoms with E-state index in [0.29, 0.717) is 12.0 Å². The zero-order chi connectivity index (χ0) is 13.7. The second kappa shape index (κ2) is 7.06. The summed E-state index contributed by atoms with van der Waals surface area (Å²) in [4.78, 5) is 0. The molecule has 2 unspecified atom stereocenters. The highest BCUT2D eigenvalue weighted by Crippen LogP contribution is 2.40. The van der Waals surface area contributed by atoms with Gasteiger partial charge in [-0.25, -0.2) is 0 Å². The van der Waals surface area contributed by atoms with Gasteiger partial charge >= 0.3 is 0 Å². The van der Waals surface area contributed by atoms with E-state index >= 15 is 0 Å². The van der Waals surface area contributed by atoms with Gasteiger partial charge < -0.3 is 10.1 Å². The maximum atomic E-state index is 5.27. The first-order valence-electron chi connectivity index (χ1n) is 7.51. The topological polar surface area (TPSA) is 21.3 Å². The Balaban J connectivity index is 2.12. The van der Waals surface area contributed by atoms with Crippen molar-refractivity contribution in [2.45, 2.75) is 44.6 Å². The standard InChI is InChI=1S/C17H27NO/c1-13(12-19-3)11-17(18-2)16-10-5-4-9-15(16)14-7-6-8-14/h4-5,9-10,13-14,17-18H,6-8,11-12H2,1-3H3. The third-order valence-electron chi connectivity index (χ3n) is 4.35. The van der Waals surface area contributed by atoms with Gasteiger partial charge in [-0.15, -0.1) is 0 Å². The Morgan fingerprint density at radius 2 is 2.05 bits per heavy atom. The van der Waals surface area contributed by atoms with Crippen LogP contribution in [-0.4, -0.2) is 20.8 Å². The molecule has 0 radical (unpaired) electrons. The summed E-state index contributed by atoms with van der Waals surface area (Å²) in [5.74, 6) is 1.38. The van der Waals surface area contributed by atoms with Crippen LogP contribution in [0.5, 0.6) is 0 Å². The normalized spacial score (nSPS) is 18.9. The van der Waals surface area contributed by atoms with Crippen LogP contribution in [0.2, 0.25) is 0 Å². The van der Waals surface area contributed by atoms with E-state index in [1.54, 1.807) is 12.7 Å². The molecule has 19 heavy (non-hydrogen) atoms. The monoisotopic (exact) mass is 261 g/mol. The summed E-state index contributed by atoms with van der Waals surface area (Å²) in [7, 11) is 3.86. The lowest BCUT2D eigenvalue weighted by atomic mass is 9.76. The SMILES string of the molecule is CNC(CC(C)COC)c1ccccc1C1CCC1. The van der Waals surface area contributed by atoms with Crippen LogP contribution in [-0.2, 0) is 4.74 Å². The molecule has 106 valence electrons. The van der Waals surface area contributed by atoms with E-state index in [-0.39, 0.29) is 0 Å². The third kappa shape index (κ3) is 3.58. The molecule has 2 heteroatoms. The number of methoxy groups -OCH3 is 1. The molecule has 1 aromatic carbocycles. The largest absolute Gasteiger partial charge is 0.384 e. The highest BCUT2D eigenvalue weighted by molar-refractivity contribution is 5.34. The fraction of sp³-hybridized carbons (Fsp3) is 0.647. The smallest absolute Gasteiger partial charge is 0.0488 e. The van der Waals surface area contributed by atoms with E-state index in [1.807, 2.05) is 0 Å². The minimum absolute atomic E-state index is 0.446. The van der Waals surface area contributed by atoms with Gasteiger partial charge in [0.2, 0.25) is 0 Å². The molecule has 2 nitrogen and oxygen atoms in total. The number of hydrogen-bond acceptors (Lipinski definition) is 2. The average molecular weight is 261 g/mol. The van der Waals surface area contributed by atoms with Crippen LogP contribution in [0.1, 0.15) is 55.7 Å². The zero-order valence-electron chi connectivity index (χ0n) is 12.5. The van der Waals surface area contributed by atoms with Crippen LogP contribution in [0.4, 0.5) is 0 Å². The van der Waals surface area contributed by atoms with Crippen molar-refractivity contribution < 1.29 is 4.74 Å². The molecule has 1 aromatic rings. The van der Waals surface area contributed by atoms with Gasteiger partial charge in [0.05, 0.1) is 0 Å². The first kappa shape index (κ1) is 14.5. The minimum atomic E-state index is 0.446. The van der Waals surface area contributed by atoms with Crippen molar-refractivity contribution >= 4 is 0 Å². The van der Waals surface area contributed by atoms with Gasteiger partial charge in [-0.05, 0) is 49.3 Å². The minimum Gasteiger partial charge on any atom is -0.384 e. The Bertz CT molecular complexity index is 387. The van der Waals surface area contributed by atoms with Crippen molar-refractivity contribution in [1.82, 2.24) is 5.32 Å². The molecule has 0 spiro atoms. The number of ether oxygens (including phenoxy) is 1. The fourth-order valence-corrected chi connectivity index (χ4v) is 3.07. The molecule has 2 rings (SSSR count). The van der Waals surface area contributed by atoms with E-state index in [2.05, 4.69) is 43.6 Å². The number of hydrogen-bond donors (Lipinski definition) is 1. The van der Waals surface area contributed by atoms with E-state index in [9.17, 15) is 0 Å². The predicted octanol–water partition coefficient (Wildman–Crippen LogP) is 3.89. The van der Waals surface area contributed by atoms with Crippen LogP contribution in [0.15, 0.2) is 24.3 Å². The maximum Gasteiger partial charge on any atom is 0.0488 e. The Morgan fingerprint density at radius 1 is 1.32 bits per heavy atom. The summed E-state index contributed by atoms with van der Waals surface area (Å²) in [5.41, 5.74) is 3.07. The quantitative estimate of drug-likeness (QED) is 0.804. The van der Waals surface area contributed by atoms with E-state index in [0.717, 1.165) is 18.9 Å². The fourth-order valence-electron chi connectivity index (χ4n) is 3.07. The maximum absolute atomic E-state index is 5.27. The van der Waals surface area contributed by atoms with Crippen LogP contribution >= 0.6 is 0 Å². The van der Waals surface area contributed by atoms with Crippen molar-refractivity contribution in [3.8, 4) is 0 Å². The molecule has 1 N–H and O–H groups in total. The average Bonchev–Trinajstić information content (AvgIpc) is 2.35. The summed E-state index contributed by atoms with van der Waals surface area (Å²) in [5, 5.41) is 3.50. The summed E-state index contributed by atoms with van der Waals surface area (Å²) < 4.78 is 5.27. The number of nitrogens with one attached hydrogen (secondary N) is 1. The van der Waals surface area contributed by atoms with E-state index in [1.165, 1.54) is 24.8 Å². The molecule has 2 atom stereocenters. The van der Waals surface area contributed by atoms with Crippen LogP contribution < -0.4 is 5.32 Å². The Labute approximate surface area is 117 Å². The van der Waals surface area contributed by atoms with Crippen molar-refractivity contribution in [2.24, 2.45) is 5.92 Å². The Hall–Kier alpha value is -0.860. The lowest BCUT2D eigenvalue weighted by Gasteiger charge is -2.31. The first-order valence-corrected chi connectivity index (χ1v) is 7.51. The second-order valence-electron chi connectivity index (χ2n) is 5.89. The molecule has 0 amide bonds. The van der Waals surface area contributed by atoms with Crippen LogP contribution in [0.3, 0.4) is 0 Å². The van der Waals surface area contributed by atoms with Gasteiger partial charge in [-0.2, -0.15) is 0 Å². The van der Waals surface area contributed by atoms with Gasteiger partial charge in [0.1, 0.15) is 0 Å². The third-order valence-corrected chi connectivity index (χ3v) is 4.35. The summed E-state index contributed by atoms with van der Waals surface area (Å²) in [6, 6.07) is 9.42. The zero-order valence-corrected chi connectivity index (χ0v) is 12.5. The Kier molecular flexibility index (Phi) is 5.41. The molecule has 0 aromatic heterocycles. The molecule has 1 aliphatic rings. The first-order chi connectivity index (χ1) is 9.26. The summed E-state index contributed by atoms with van der Waals surface area (Å²) in [6.45, 7) is 3.10. The molecule has 0 aliphatic heterocycles. The number of benzene rings is 1. The van der Waals surface area contributed by atoms with Gasteiger partial charge in [0.15, 0.2) is 0 Å². The van der Waals surface area contributed by atoms with Gasteiger partial charge in [-0.1, -0.05) is 37.6 Å². The summed E-state index contributed by atoms with van der Waals surface area (Å²) in [6.07, 6.45) is 5.25. The Morgan fingerprint density at radius 3 is 2.63 bits per heavy atom. The highest BCUT2D eigenvalue weighted by atomic mass is 16.5. The van der Waals surface area contributed by atoms with E-state index in [4.69, 9.17) is 4.74 Å². The molecule has 0 saturated heterocycles. The molecule has 1 aliphatic carbocycles. The van der Waals surface area contributed by atoms with Crippen molar-refractivity contribution in [3.63, 3.8) is 0 Å². The van der Waals surface area contributed by atoms with Crippen molar-refractivity contribution in [3.05, 3.63) is 35.4 Å².